The summed E-state index contributed by atoms with van der Waals surface area (Å²) < 4.78 is 27.1. The second kappa shape index (κ2) is 7.75. The Kier molecular flexibility index (Phi) is 6.26. The van der Waals surface area contributed by atoms with E-state index in [-0.39, 0.29) is 0 Å². The Balaban J connectivity index is 2.13. The molecule has 0 spiro atoms. The van der Waals surface area contributed by atoms with Crippen molar-refractivity contribution < 1.29 is 8.42 Å². The van der Waals surface area contributed by atoms with Crippen molar-refractivity contribution in [2.75, 3.05) is 18.4 Å². The maximum atomic E-state index is 12.7. The van der Waals surface area contributed by atoms with Gasteiger partial charge in [-0.05, 0) is 49.3 Å². The van der Waals surface area contributed by atoms with Gasteiger partial charge in [-0.25, -0.2) is 8.42 Å². The first-order valence-corrected chi connectivity index (χ1v) is 10.3. The van der Waals surface area contributed by atoms with Gasteiger partial charge in [-0.2, -0.15) is 4.31 Å². The topological polar surface area (TPSA) is 37.4 Å². The number of sulfonamides is 1. The van der Waals surface area contributed by atoms with E-state index in [9.17, 15) is 8.42 Å². The highest BCUT2D eigenvalue weighted by molar-refractivity contribution is 9.09. The van der Waals surface area contributed by atoms with E-state index in [1.165, 1.54) is 5.56 Å². The van der Waals surface area contributed by atoms with E-state index in [0.29, 0.717) is 23.9 Å². The molecule has 0 aliphatic carbocycles. The van der Waals surface area contributed by atoms with E-state index in [2.05, 4.69) is 22.9 Å². The SMILES string of the molecule is CCCc1ccc(S(=O)(=O)N2CCCC(CCBr)C2)cc1. The minimum Gasteiger partial charge on any atom is -0.207 e. The van der Waals surface area contributed by atoms with E-state index in [1.54, 1.807) is 16.4 Å². The van der Waals surface area contributed by atoms with Gasteiger partial charge in [0.05, 0.1) is 4.90 Å². The Bertz CT molecular complexity index is 540. The van der Waals surface area contributed by atoms with Gasteiger partial charge in [0.25, 0.3) is 0 Å². The number of hydrogen-bond acceptors (Lipinski definition) is 2. The van der Waals surface area contributed by atoms with Crippen LogP contribution in [0.2, 0.25) is 0 Å². The monoisotopic (exact) mass is 373 g/mol. The van der Waals surface area contributed by atoms with Crippen molar-refractivity contribution in [1.82, 2.24) is 4.31 Å². The second-order valence-corrected chi connectivity index (χ2v) is 8.47. The number of aryl methyl sites for hydroxylation is 1. The molecule has 3 nitrogen and oxygen atoms in total. The van der Waals surface area contributed by atoms with Crippen LogP contribution in [0.15, 0.2) is 29.2 Å². The minimum absolute atomic E-state index is 0.432. The average molecular weight is 374 g/mol. The second-order valence-electron chi connectivity index (χ2n) is 5.74. The molecule has 1 aliphatic heterocycles. The summed E-state index contributed by atoms with van der Waals surface area (Å²) in [5, 5.41) is 0.942. The van der Waals surface area contributed by atoms with E-state index in [1.807, 2.05) is 12.1 Å². The number of rotatable bonds is 6. The number of hydrogen-bond donors (Lipinski definition) is 0. The predicted octanol–water partition coefficient (Wildman–Crippen LogP) is 3.82. The molecule has 1 fully saturated rings. The molecule has 0 bridgehead atoms. The maximum absolute atomic E-state index is 12.7. The molecule has 5 heteroatoms. The highest BCUT2D eigenvalue weighted by Gasteiger charge is 2.29. The lowest BCUT2D eigenvalue weighted by atomic mass is 9.97. The third-order valence-electron chi connectivity index (χ3n) is 4.10. The molecule has 1 saturated heterocycles. The molecule has 0 radical (unpaired) electrons. The standard InChI is InChI=1S/C16H24BrNO2S/c1-2-4-14-6-8-16(9-7-14)21(19,20)18-12-3-5-15(13-18)10-11-17/h6-9,15H,2-5,10-13H2,1H3. The zero-order chi connectivity index (χ0) is 15.3. The molecule has 0 aromatic heterocycles. The van der Waals surface area contributed by atoms with Crippen molar-refractivity contribution in [3.63, 3.8) is 0 Å². The molecule has 2 rings (SSSR count). The normalized spacial score (nSPS) is 20.6. The molecule has 1 aromatic carbocycles. The summed E-state index contributed by atoms with van der Waals surface area (Å²) in [4.78, 5) is 0.432. The van der Waals surface area contributed by atoms with Crippen molar-refractivity contribution in [3.8, 4) is 0 Å². The molecule has 21 heavy (non-hydrogen) atoms. The van der Waals surface area contributed by atoms with Crippen LogP contribution in [0.25, 0.3) is 0 Å². The lowest BCUT2D eigenvalue weighted by molar-refractivity contribution is 0.263. The van der Waals surface area contributed by atoms with Crippen LogP contribution in [0.1, 0.15) is 38.2 Å². The van der Waals surface area contributed by atoms with Gasteiger partial charge in [0.2, 0.25) is 10.0 Å². The fourth-order valence-corrected chi connectivity index (χ4v) is 5.10. The third-order valence-corrected chi connectivity index (χ3v) is 6.44. The van der Waals surface area contributed by atoms with Crippen molar-refractivity contribution >= 4 is 26.0 Å². The molecular weight excluding hydrogens is 350 g/mol. The Morgan fingerprint density at radius 1 is 1.29 bits per heavy atom. The number of halogens is 1. The first-order chi connectivity index (χ1) is 10.1. The minimum atomic E-state index is -3.33. The molecule has 0 amide bonds. The molecular formula is C16H24BrNO2S. The summed E-state index contributed by atoms with van der Waals surface area (Å²) in [5.41, 5.74) is 1.20. The first-order valence-electron chi connectivity index (χ1n) is 7.73. The highest BCUT2D eigenvalue weighted by atomic mass is 79.9. The van der Waals surface area contributed by atoms with Crippen molar-refractivity contribution in [2.24, 2.45) is 5.92 Å². The van der Waals surface area contributed by atoms with E-state index < -0.39 is 10.0 Å². The van der Waals surface area contributed by atoms with Crippen LogP contribution in [0.5, 0.6) is 0 Å². The number of piperidine rings is 1. The van der Waals surface area contributed by atoms with Crippen LogP contribution >= 0.6 is 15.9 Å². The van der Waals surface area contributed by atoms with Crippen molar-refractivity contribution in [3.05, 3.63) is 29.8 Å². The van der Waals surface area contributed by atoms with Gasteiger partial charge in [-0.15, -0.1) is 0 Å². The highest BCUT2D eigenvalue weighted by Crippen LogP contribution is 2.26. The fraction of sp³-hybridized carbons (Fsp3) is 0.625. The zero-order valence-corrected chi connectivity index (χ0v) is 15.0. The summed E-state index contributed by atoms with van der Waals surface area (Å²) in [6.07, 6.45) is 5.21. The van der Waals surface area contributed by atoms with Crippen LogP contribution in [0.3, 0.4) is 0 Å². The van der Waals surface area contributed by atoms with Gasteiger partial charge >= 0.3 is 0 Å². The number of benzene rings is 1. The molecule has 0 saturated carbocycles. The van der Waals surface area contributed by atoms with Crippen LogP contribution in [0, 0.1) is 5.92 Å². The van der Waals surface area contributed by atoms with Crippen LogP contribution in [0.4, 0.5) is 0 Å². The third kappa shape index (κ3) is 4.30. The smallest absolute Gasteiger partial charge is 0.207 e. The molecule has 1 aromatic rings. The van der Waals surface area contributed by atoms with Gasteiger partial charge in [0, 0.05) is 18.4 Å². The summed E-state index contributed by atoms with van der Waals surface area (Å²) in [6, 6.07) is 7.40. The summed E-state index contributed by atoms with van der Waals surface area (Å²) >= 11 is 3.45. The quantitative estimate of drug-likeness (QED) is 0.710. The predicted molar refractivity (Wildman–Crippen MR) is 90.3 cm³/mol. The molecule has 0 N–H and O–H groups in total. The van der Waals surface area contributed by atoms with E-state index in [4.69, 9.17) is 0 Å². The van der Waals surface area contributed by atoms with Gasteiger partial charge in [-0.3, -0.25) is 0 Å². The molecule has 1 unspecified atom stereocenters. The number of nitrogens with zero attached hydrogens (tertiary/aromatic N) is 1. The van der Waals surface area contributed by atoms with Gasteiger partial charge in [0.15, 0.2) is 0 Å². The Hall–Kier alpha value is -0.390. The Morgan fingerprint density at radius 3 is 2.62 bits per heavy atom. The lowest BCUT2D eigenvalue weighted by Crippen LogP contribution is -2.39. The average Bonchev–Trinajstić information content (AvgIpc) is 2.49. The van der Waals surface area contributed by atoms with Crippen LogP contribution < -0.4 is 0 Å². The van der Waals surface area contributed by atoms with E-state index >= 15 is 0 Å². The van der Waals surface area contributed by atoms with Gasteiger partial charge in [0.1, 0.15) is 0 Å². The number of alkyl halides is 1. The first kappa shape index (κ1) is 17.0. The maximum Gasteiger partial charge on any atom is 0.243 e. The van der Waals surface area contributed by atoms with Gasteiger partial charge < -0.3 is 0 Å². The van der Waals surface area contributed by atoms with Crippen LogP contribution in [-0.2, 0) is 16.4 Å². The largest absolute Gasteiger partial charge is 0.243 e. The molecule has 118 valence electrons. The summed E-state index contributed by atoms with van der Waals surface area (Å²) in [5.74, 6) is 0.479. The van der Waals surface area contributed by atoms with Crippen molar-refractivity contribution in [2.45, 2.75) is 43.9 Å². The van der Waals surface area contributed by atoms with Crippen molar-refractivity contribution in [1.29, 1.82) is 0 Å². The van der Waals surface area contributed by atoms with E-state index in [0.717, 1.165) is 37.4 Å². The summed E-state index contributed by atoms with van der Waals surface area (Å²) in [7, 11) is -3.33. The molecule has 1 heterocycles. The van der Waals surface area contributed by atoms with Gasteiger partial charge in [-0.1, -0.05) is 41.4 Å². The lowest BCUT2D eigenvalue weighted by Gasteiger charge is -2.31. The molecule has 1 atom stereocenters. The fourth-order valence-electron chi connectivity index (χ4n) is 2.90. The Morgan fingerprint density at radius 2 is 2.00 bits per heavy atom. The summed E-state index contributed by atoms with van der Waals surface area (Å²) in [6.45, 7) is 3.44. The van der Waals surface area contributed by atoms with Crippen LogP contribution in [-0.4, -0.2) is 31.1 Å². The Labute approximate surface area is 136 Å². The molecule has 1 aliphatic rings. The zero-order valence-electron chi connectivity index (χ0n) is 12.6.